The van der Waals surface area contributed by atoms with Crippen LogP contribution < -0.4 is 0 Å². The van der Waals surface area contributed by atoms with E-state index in [0.717, 1.165) is 0 Å². The van der Waals surface area contributed by atoms with Gasteiger partial charge in [-0.1, -0.05) is 30.3 Å². The van der Waals surface area contributed by atoms with E-state index in [2.05, 4.69) is 49.3 Å². The summed E-state index contributed by atoms with van der Waals surface area (Å²) in [6.45, 7) is 4.40. The molecule has 1 aromatic rings. The molecular weight excluding hydrogens is 178 g/mol. The van der Waals surface area contributed by atoms with Gasteiger partial charge in [-0.25, -0.2) is 0 Å². The predicted octanol–water partition coefficient (Wildman–Crippen LogP) is 3.28. The standard InChI is InChI=1S/C11H13NS/c1-11(2)8-12-10(13-11)9-6-4-3-5-7-9/h3-8,10H,1-2H3/t10-/m1/s1. The molecular formula is C11H13NS. The second kappa shape index (κ2) is 3.18. The molecule has 1 nitrogen and oxygen atoms in total. The van der Waals surface area contributed by atoms with Crippen molar-refractivity contribution in [2.24, 2.45) is 4.99 Å². The third-order valence-corrected chi connectivity index (χ3v) is 3.35. The van der Waals surface area contributed by atoms with Gasteiger partial charge in [0.1, 0.15) is 5.37 Å². The van der Waals surface area contributed by atoms with E-state index in [4.69, 9.17) is 0 Å². The van der Waals surface area contributed by atoms with E-state index in [1.54, 1.807) is 0 Å². The molecule has 0 amide bonds. The Balaban J connectivity index is 2.19. The van der Waals surface area contributed by atoms with Crippen molar-refractivity contribution in [2.75, 3.05) is 0 Å². The van der Waals surface area contributed by atoms with Crippen LogP contribution in [0.25, 0.3) is 0 Å². The molecule has 0 fully saturated rings. The second-order valence-corrected chi connectivity index (χ2v) is 5.50. The summed E-state index contributed by atoms with van der Waals surface area (Å²) >= 11 is 1.90. The fourth-order valence-corrected chi connectivity index (χ4v) is 2.48. The van der Waals surface area contributed by atoms with Crippen LogP contribution in [-0.2, 0) is 0 Å². The Bertz CT molecular complexity index is 316. The lowest BCUT2D eigenvalue weighted by molar-refractivity contribution is 0.987. The van der Waals surface area contributed by atoms with Gasteiger partial charge in [-0.2, -0.15) is 0 Å². The van der Waals surface area contributed by atoms with Gasteiger partial charge in [-0.05, 0) is 19.4 Å². The molecule has 0 aromatic heterocycles. The molecule has 68 valence electrons. The van der Waals surface area contributed by atoms with Gasteiger partial charge < -0.3 is 0 Å². The Hall–Kier alpha value is -0.760. The molecule has 1 aliphatic rings. The van der Waals surface area contributed by atoms with Crippen LogP contribution in [0.15, 0.2) is 35.3 Å². The van der Waals surface area contributed by atoms with Crippen molar-refractivity contribution in [3.8, 4) is 0 Å². The first-order valence-corrected chi connectivity index (χ1v) is 5.32. The molecule has 0 radical (unpaired) electrons. The number of aliphatic imine (C=N–C) groups is 1. The fraction of sp³-hybridized carbons (Fsp3) is 0.364. The second-order valence-electron chi connectivity index (χ2n) is 3.76. The predicted molar refractivity (Wildman–Crippen MR) is 59.3 cm³/mol. The van der Waals surface area contributed by atoms with Crippen LogP contribution in [0, 0.1) is 0 Å². The molecule has 0 saturated heterocycles. The largest absolute Gasteiger partial charge is 0.277 e. The Kier molecular flexibility index (Phi) is 2.16. The third kappa shape index (κ3) is 1.94. The van der Waals surface area contributed by atoms with Crippen LogP contribution in [0.3, 0.4) is 0 Å². The van der Waals surface area contributed by atoms with Crippen LogP contribution in [-0.4, -0.2) is 11.0 Å². The Morgan fingerprint density at radius 3 is 2.46 bits per heavy atom. The molecule has 0 bridgehead atoms. The molecule has 1 aromatic carbocycles. The van der Waals surface area contributed by atoms with Gasteiger partial charge in [-0.15, -0.1) is 11.8 Å². The number of nitrogens with zero attached hydrogens (tertiary/aromatic N) is 1. The van der Waals surface area contributed by atoms with Crippen LogP contribution in [0.4, 0.5) is 0 Å². The van der Waals surface area contributed by atoms with Crippen molar-refractivity contribution in [1.29, 1.82) is 0 Å². The summed E-state index contributed by atoms with van der Waals surface area (Å²) in [5, 5.41) is 0.302. The summed E-state index contributed by atoms with van der Waals surface area (Å²) < 4.78 is 0.195. The van der Waals surface area contributed by atoms with Gasteiger partial charge in [0.15, 0.2) is 0 Å². The lowest BCUT2D eigenvalue weighted by atomic mass is 10.2. The number of hydrogen-bond acceptors (Lipinski definition) is 2. The van der Waals surface area contributed by atoms with Crippen molar-refractivity contribution in [2.45, 2.75) is 24.0 Å². The van der Waals surface area contributed by atoms with Crippen LogP contribution >= 0.6 is 11.8 Å². The normalized spacial score (nSPS) is 24.9. The summed E-state index contributed by atoms with van der Waals surface area (Å²) in [7, 11) is 0. The van der Waals surface area contributed by atoms with Crippen molar-refractivity contribution < 1.29 is 0 Å². The minimum Gasteiger partial charge on any atom is -0.277 e. The maximum absolute atomic E-state index is 4.50. The zero-order chi connectivity index (χ0) is 9.31. The van der Waals surface area contributed by atoms with Crippen molar-refractivity contribution in [3.63, 3.8) is 0 Å². The molecule has 1 aliphatic heterocycles. The maximum Gasteiger partial charge on any atom is 0.121 e. The van der Waals surface area contributed by atoms with Gasteiger partial charge in [0.2, 0.25) is 0 Å². The first kappa shape index (κ1) is 8.82. The van der Waals surface area contributed by atoms with Crippen LogP contribution in [0.2, 0.25) is 0 Å². The van der Waals surface area contributed by atoms with Crippen molar-refractivity contribution in [1.82, 2.24) is 0 Å². The van der Waals surface area contributed by atoms with E-state index < -0.39 is 0 Å². The molecule has 2 rings (SSSR count). The molecule has 0 unspecified atom stereocenters. The zero-order valence-electron chi connectivity index (χ0n) is 7.90. The molecule has 0 N–H and O–H groups in total. The average Bonchev–Trinajstić information content (AvgIpc) is 2.48. The van der Waals surface area contributed by atoms with E-state index >= 15 is 0 Å². The number of benzene rings is 1. The van der Waals surface area contributed by atoms with E-state index in [0.29, 0.717) is 5.37 Å². The summed E-state index contributed by atoms with van der Waals surface area (Å²) in [6.07, 6.45) is 2.05. The van der Waals surface area contributed by atoms with E-state index in [1.807, 2.05) is 17.8 Å². The molecule has 1 atom stereocenters. The van der Waals surface area contributed by atoms with Gasteiger partial charge >= 0.3 is 0 Å². The zero-order valence-corrected chi connectivity index (χ0v) is 8.71. The molecule has 0 saturated carbocycles. The summed E-state index contributed by atoms with van der Waals surface area (Å²) in [5.41, 5.74) is 1.30. The first-order valence-electron chi connectivity index (χ1n) is 4.44. The minimum absolute atomic E-state index is 0.195. The highest BCUT2D eigenvalue weighted by Crippen LogP contribution is 2.43. The van der Waals surface area contributed by atoms with E-state index in [1.165, 1.54) is 5.56 Å². The fourth-order valence-electron chi connectivity index (χ4n) is 1.37. The highest BCUT2D eigenvalue weighted by atomic mass is 32.2. The summed E-state index contributed by atoms with van der Waals surface area (Å²) in [6, 6.07) is 10.4. The Morgan fingerprint density at radius 1 is 1.23 bits per heavy atom. The van der Waals surface area contributed by atoms with Gasteiger partial charge in [0, 0.05) is 11.0 Å². The SMILES string of the molecule is CC1(C)C=N[C@@H](c2ccccc2)S1. The Morgan fingerprint density at radius 2 is 1.92 bits per heavy atom. The van der Waals surface area contributed by atoms with E-state index in [-0.39, 0.29) is 4.75 Å². The molecule has 1 heterocycles. The quantitative estimate of drug-likeness (QED) is 0.663. The lowest BCUT2D eigenvalue weighted by Crippen LogP contribution is -2.11. The van der Waals surface area contributed by atoms with Gasteiger partial charge in [0.25, 0.3) is 0 Å². The molecule has 2 heteroatoms. The first-order chi connectivity index (χ1) is 6.17. The van der Waals surface area contributed by atoms with Gasteiger partial charge in [0.05, 0.1) is 0 Å². The summed E-state index contributed by atoms with van der Waals surface area (Å²) in [4.78, 5) is 4.50. The molecule has 0 aliphatic carbocycles. The molecule has 0 spiro atoms. The maximum atomic E-state index is 4.50. The van der Waals surface area contributed by atoms with Crippen molar-refractivity contribution >= 4 is 18.0 Å². The average molecular weight is 191 g/mol. The highest BCUT2D eigenvalue weighted by molar-refractivity contribution is 8.01. The highest BCUT2D eigenvalue weighted by Gasteiger charge is 2.28. The lowest BCUT2D eigenvalue weighted by Gasteiger charge is -2.14. The molecule has 13 heavy (non-hydrogen) atoms. The smallest absolute Gasteiger partial charge is 0.121 e. The summed E-state index contributed by atoms with van der Waals surface area (Å²) in [5.74, 6) is 0. The van der Waals surface area contributed by atoms with E-state index in [9.17, 15) is 0 Å². The third-order valence-electron chi connectivity index (χ3n) is 2.02. The van der Waals surface area contributed by atoms with Crippen LogP contribution in [0.5, 0.6) is 0 Å². The monoisotopic (exact) mass is 191 g/mol. The number of thioether (sulfide) groups is 1. The topological polar surface area (TPSA) is 12.4 Å². The number of hydrogen-bond donors (Lipinski definition) is 0. The van der Waals surface area contributed by atoms with Gasteiger partial charge in [-0.3, -0.25) is 4.99 Å². The Labute approximate surface area is 83.3 Å². The van der Waals surface area contributed by atoms with Crippen LogP contribution in [0.1, 0.15) is 24.8 Å². The number of rotatable bonds is 1. The minimum atomic E-state index is 0.195. The van der Waals surface area contributed by atoms with Crippen molar-refractivity contribution in [3.05, 3.63) is 35.9 Å².